The van der Waals surface area contributed by atoms with Crippen LogP contribution in [0.1, 0.15) is 176 Å². The Hall–Kier alpha value is -5.62. The van der Waals surface area contributed by atoms with Crippen molar-refractivity contribution in [3.8, 4) is 0 Å². The van der Waals surface area contributed by atoms with Gasteiger partial charge < -0.3 is 0 Å². The van der Waals surface area contributed by atoms with Gasteiger partial charge in [-0.1, -0.05) is 163 Å². The largest absolute Gasteiger partial charge is 0.278 e. The van der Waals surface area contributed by atoms with Crippen LogP contribution in [0.4, 0.5) is 34.6 Å². The van der Waals surface area contributed by atoms with E-state index in [-0.39, 0.29) is 0 Å². The molecule has 64 heavy (non-hydrogen) atoms. The molecule has 3 aliphatic carbocycles. The molecule has 6 nitrogen and oxygen atoms in total. The molecule has 7 aromatic rings. The lowest BCUT2D eigenvalue weighted by Crippen LogP contribution is -2.20. The van der Waals surface area contributed by atoms with E-state index >= 15 is 0 Å². The van der Waals surface area contributed by atoms with E-state index in [9.17, 15) is 0 Å². The normalized spacial score (nSPS) is 17.2. The molecule has 2 aromatic heterocycles. The van der Waals surface area contributed by atoms with Gasteiger partial charge in [-0.2, -0.15) is 0 Å². The highest BCUT2D eigenvalue weighted by Crippen LogP contribution is 2.51. The molecule has 10 rings (SSSR count). The summed E-state index contributed by atoms with van der Waals surface area (Å²) in [4.78, 5) is 27.4. The molecule has 0 N–H and O–H groups in total. The molecule has 0 saturated heterocycles. The van der Waals surface area contributed by atoms with Gasteiger partial charge in [0, 0.05) is 79.4 Å². The van der Waals surface area contributed by atoms with Crippen LogP contribution in [0.2, 0.25) is 0 Å². The standard InChI is InChI=1S/C58H66N6/c1-3-24-41(4-2)51-39-52(42-25-10-5-11-26-42)60-57(59-51)63(45-31-16-8-17-32-45)55-47-35-20-22-37-49(47)56(50-38-23-21-36-48(50)55)64(46-33-18-9-19-34-46)58-61-53(43-27-12-6-13-28-43)40-54(62-58)44-29-14-7-15-30-44/h8-9,16-23,31-44H,3-7,10-15,24-30H2,1-2H3. The molecule has 0 spiro atoms. The van der Waals surface area contributed by atoms with E-state index in [0.717, 1.165) is 75.5 Å². The molecule has 6 heteroatoms. The number of aromatic nitrogens is 4. The van der Waals surface area contributed by atoms with Gasteiger partial charge in [0.05, 0.1) is 11.4 Å². The first-order chi connectivity index (χ1) is 31.7. The number of rotatable bonds is 13. The maximum atomic E-state index is 5.66. The van der Waals surface area contributed by atoms with Crippen molar-refractivity contribution in [1.29, 1.82) is 0 Å². The Bertz CT molecular complexity index is 2350. The molecular weight excluding hydrogens is 781 g/mol. The van der Waals surface area contributed by atoms with Gasteiger partial charge in [0.2, 0.25) is 11.9 Å². The Morgan fingerprint density at radius 3 is 1.17 bits per heavy atom. The van der Waals surface area contributed by atoms with E-state index in [1.165, 1.54) is 119 Å². The van der Waals surface area contributed by atoms with Crippen LogP contribution in [0.5, 0.6) is 0 Å². The van der Waals surface area contributed by atoms with E-state index in [1.54, 1.807) is 0 Å². The van der Waals surface area contributed by atoms with Crippen molar-refractivity contribution >= 4 is 56.2 Å². The van der Waals surface area contributed by atoms with Crippen LogP contribution in [-0.2, 0) is 0 Å². The minimum Gasteiger partial charge on any atom is -0.278 e. The van der Waals surface area contributed by atoms with E-state index in [2.05, 4.69) is 145 Å². The van der Waals surface area contributed by atoms with Crippen LogP contribution in [0.3, 0.4) is 0 Å². The monoisotopic (exact) mass is 847 g/mol. The minimum atomic E-state index is 0.380. The van der Waals surface area contributed by atoms with Crippen LogP contribution in [0.25, 0.3) is 21.5 Å². The fourth-order valence-corrected chi connectivity index (χ4v) is 11.5. The summed E-state index contributed by atoms with van der Waals surface area (Å²) in [5.41, 5.74) is 9.17. The highest BCUT2D eigenvalue weighted by molar-refractivity contribution is 6.23. The van der Waals surface area contributed by atoms with E-state index in [4.69, 9.17) is 19.9 Å². The molecule has 3 aliphatic rings. The molecule has 0 bridgehead atoms. The van der Waals surface area contributed by atoms with Crippen molar-refractivity contribution in [1.82, 2.24) is 19.9 Å². The van der Waals surface area contributed by atoms with Crippen LogP contribution in [0, 0.1) is 0 Å². The summed E-state index contributed by atoms with van der Waals surface area (Å²) in [6.45, 7) is 4.62. The number of hydrogen-bond donors (Lipinski definition) is 0. The molecule has 0 aliphatic heterocycles. The summed E-state index contributed by atoms with van der Waals surface area (Å²) in [5, 5.41) is 4.58. The summed E-state index contributed by atoms with van der Waals surface area (Å²) in [7, 11) is 0. The predicted octanol–water partition coefficient (Wildman–Crippen LogP) is 16.9. The summed E-state index contributed by atoms with van der Waals surface area (Å²) < 4.78 is 0. The van der Waals surface area contributed by atoms with Crippen molar-refractivity contribution < 1.29 is 0 Å². The summed E-state index contributed by atoms with van der Waals surface area (Å²) in [5.74, 6) is 3.30. The second kappa shape index (κ2) is 19.6. The molecule has 328 valence electrons. The van der Waals surface area contributed by atoms with Gasteiger partial charge in [-0.3, -0.25) is 9.80 Å². The third-order valence-corrected chi connectivity index (χ3v) is 14.9. The van der Waals surface area contributed by atoms with Crippen molar-refractivity contribution in [3.05, 3.63) is 144 Å². The number of anilines is 6. The molecule has 1 atom stereocenters. The lowest BCUT2D eigenvalue weighted by atomic mass is 9.84. The molecular formula is C58H66N6. The van der Waals surface area contributed by atoms with Gasteiger partial charge in [-0.25, -0.2) is 19.9 Å². The minimum absolute atomic E-state index is 0.380. The lowest BCUT2D eigenvalue weighted by Gasteiger charge is -2.32. The van der Waals surface area contributed by atoms with Crippen LogP contribution < -0.4 is 9.80 Å². The van der Waals surface area contributed by atoms with Gasteiger partial charge in [0.25, 0.3) is 0 Å². The number of fused-ring (bicyclic) bond motifs is 2. The smallest absolute Gasteiger partial charge is 0.235 e. The average molecular weight is 847 g/mol. The first-order valence-corrected chi connectivity index (χ1v) is 25.1. The third kappa shape index (κ3) is 8.65. The Morgan fingerprint density at radius 2 is 0.797 bits per heavy atom. The summed E-state index contributed by atoms with van der Waals surface area (Å²) >= 11 is 0. The van der Waals surface area contributed by atoms with Gasteiger partial charge in [-0.15, -0.1) is 0 Å². The Morgan fingerprint density at radius 1 is 0.438 bits per heavy atom. The number of para-hydroxylation sites is 2. The first kappa shape index (κ1) is 42.3. The average Bonchev–Trinajstić information content (AvgIpc) is 3.37. The SMILES string of the molecule is CCCC(CC)c1cc(C2CCCCC2)nc(N(c2ccccc2)c2c3ccccc3c(N(c3ccccc3)c3nc(C4CCCCC4)cc(C4CCCCC4)n3)c3ccccc23)n1. The molecule has 3 saturated carbocycles. The molecule has 2 heterocycles. The zero-order chi connectivity index (χ0) is 43.2. The second-order valence-corrected chi connectivity index (χ2v) is 19.1. The topological polar surface area (TPSA) is 58.0 Å². The molecule has 1 unspecified atom stereocenters. The van der Waals surface area contributed by atoms with Crippen LogP contribution in [0.15, 0.2) is 121 Å². The highest BCUT2D eigenvalue weighted by Gasteiger charge is 2.31. The quantitative estimate of drug-likeness (QED) is 0.0851. The molecule has 3 fully saturated rings. The highest BCUT2D eigenvalue weighted by atomic mass is 15.3. The van der Waals surface area contributed by atoms with Gasteiger partial charge in [0.1, 0.15) is 0 Å². The molecule has 0 amide bonds. The molecule has 0 radical (unpaired) electrons. The summed E-state index contributed by atoms with van der Waals surface area (Å²) in [6, 6.07) is 44.6. The zero-order valence-corrected chi connectivity index (χ0v) is 38.3. The van der Waals surface area contributed by atoms with Crippen molar-refractivity contribution in [2.24, 2.45) is 0 Å². The van der Waals surface area contributed by atoms with E-state index < -0.39 is 0 Å². The molecule has 5 aromatic carbocycles. The maximum absolute atomic E-state index is 5.66. The zero-order valence-electron chi connectivity index (χ0n) is 38.3. The van der Waals surface area contributed by atoms with Crippen molar-refractivity contribution in [2.75, 3.05) is 9.80 Å². The first-order valence-electron chi connectivity index (χ1n) is 25.1. The second-order valence-electron chi connectivity index (χ2n) is 19.1. The van der Waals surface area contributed by atoms with Crippen LogP contribution in [-0.4, -0.2) is 19.9 Å². The maximum Gasteiger partial charge on any atom is 0.235 e. The van der Waals surface area contributed by atoms with Gasteiger partial charge >= 0.3 is 0 Å². The van der Waals surface area contributed by atoms with Gasteiger partial charge in [0.15, 0.2) is 0 Å². The third-order valence-electron chi connectivity index (χ3n) is 14.9. The van der Waals surface area contributed by atoms with E-state index in [1.807, 2.05) is 0 Å². The van der Waals surface area contributed by atoms with Crippen LogP contribution >= 0.6 is 0 Å². The van der Waals surface area contributed by atoms with E-state index in [0.29, 0.717) is 23.7 Å². The van der Waals surface area contributed by atoms with Crippen molar-refractivity contribution in [3.63, 3.8) is 0 Å². The predicted molar refractivity (Wildman–Crippen MR) is 267 cm³/mol. The Kier molecular flexibility index (Phi) is 13.0. The van der Waals surface area contributed by atoms with Gasteiger partial charge in [-0.05, 0) is 87.8 Å². The number of benzene rings is 5. The Labute approximate surface area is 381 Å². The number of nitrogens with zero attached hydrogens (tertiary/aromatic N) is 6. The Balaban J connectivity index is 1.24. The number of hydrogen-bond acceptors (Lipinski definition) is 6. The van der Waals surface area contributed by atoms with Crippen molar-refractivity contribution in [2.45, 2.75) is 153 Å². The summed E-state index contributed by atoms with van der Waals surface area (Å²) in [6.07, 6.45) is 22.0. The lowest BCUT2D eigenvalue weighted by molar-refractivity contribution is 0.425. The fourth-order valence-electron chi connectivity index (χ4n) is 11.5. The fraction of sp³-hybridized carbons (Fsp3) is 0.414.